The van der Waals surface area contributed by atoms with Crippen LogP contribution in [-0.2, 0) is 25.6 Å². The van der Waals surface area contributed by atoms with Crippen molar-refractivity contribution >= 4 is 27.5 Å². The fraction of sp³-hybridized carbons (Fsp3) is 0.212. The van der Waals surface area contributed by atoms with Gasteiger partial charge in [0.2, 0.25) is 0 Å². The summed E-state index contributed by atoms with van der Waals surface area (Å²) in [6.45, 7) is 3.56. The molecule has 7 rings (SSSR count). The molecule has 0 unspecified atom stereocenters. The van der Waals surface area contributed by atoms with Crippen molar-refractivity contribution < 1.29 is 18.0 Å². The van der Waals surface area contributed by atoms with Crippen LogP contribution in [0, 0.1) is 6.92 Å². The van der Waals surface area contributed by atoms with Gasteiger partial charge in [0, 0.05) is 33.6 Å². The first-order chi connectivity index (χ1) is 22.5. The zero-order chi connectivity index (χ0) is 33.0. The summed E-state index contributed by atoms with van der Waals surface area (Å²) in [4.78, 5) is 29.7. The van der Waals surface area contributed by atoms with Gasteiger partial charge < -0.3 is 4.90 Å². The maximum absolute atomic E-state index is 14.4. The number of benzene rings is 3. The maximum Gasteiger partial charge on any atom is 0.417 e. The molecule has 0 N–H and O–H groups in total. The van der Waals surface area contributed by atoms with E-state index in [0.29, 0.717) is 34.8 Å². The van der Waals surface area contributed by atoms with Crippen molar-refractivity contribution in [1.29, 1.82) is 0 Å². The van der Waals surface area contributed by atoms with Gasteiger partial charge in [-0.2, -0.15) is 23.0 Å². The predicted molar refractivity (Wildman–Crippen MR) is 170 cm³/mol. The Kier molecular flexibility index (Phi) is 7.54. The van der Waals surface area contributed by atoms with Gasteiger partial charge in [-0.25, -0.2) is 4.52 Å². The molecule has 0 fully saturated rings. The number of rotatable bonds is 5. The van der Waals surface area contributed by atoms with Crippen molar-refractivity contribution in [1.82, 2.24) is 39.3 Å². The monoisotopic (exact) mass is 702 g/mol. The topological polar surface area (TPSA) is 103 Å². The lowest BCUT2D eigenvalue weighted by atomic mass is 9.97. The summed E-state index contributed by atoms with van der Waals surface area (Å²) >= 11 is 2.95. The third kappa shape index (κ3) is 5.41. The Hall–Kier alpha value is -5.11. The Morgan fingerprint density at radius 3 is 2.43 bits per heavy atom. The van der Waals surface area contributed by atoms with Crippen LogP contribution in [0.2, 0.25) is 0 Å². The number of nitrogens with zero attached hydrogens (tertiary/aromatic N) is 8. The van der Waals surface area contributed by atoms with Gasteiger partial charge in [-0.1, -0.05) is 46.3 Å². The lowest BCUT2D eigenvalue weighted by molar-refractivity contribution is -0.138. The number of tetrazole rings is 1. The summed E-state index contributed by atoms with van der Waals surface area (Å²) in [7, 11) is 0. The van der Waals surface area contributed by atoms with Gasteiger partial charge in [-0.3, -0.25) is 14.2 Å². The molecule has 0 bridgehead atoms. The third-order valence-corrected chi connectivity index (χ3v) is 9.13. The number of aromatic nitrogens is 7. The van der Waals surface area contributed by atoms with Crippen molar-refractivity contribution in [3.8, 4) is 11.4 Å². The summed E-state index contributed by atoms with van der Waals surface area (Å²) < 4.78 is 45.7. The van der Waals surface area contributed by atoms with Crippen LogP contribution in [-0.4, -0.2) is 51.2 Å². The first-order valence-electron chi connectivity index (χ1n) is 14.7. The van der Waals surface area contributed by atoms with Crippen LogP contribution >= 0.6 is 15.9 Å². The van der Waals surface area contributed by atoms with Gasteiger partial charge in [0.1, 0.15) is 5.65 Å². The fourth-order valence-electron chi connectivity index (χ4n) is 6.09. The molecule has 3 aromatic carbocycles. The van der Waals surface area contributed by atoms with E-state index in [1.54, 1.807) is 33.8 Å². The highest BCUT2D eigenvalue weighted by Crippen LogP contribution is 2.36. The van der Waals surface area contributed by atoms with Crippen LogP contribution in [0.1, 0.15) is 51.1 Å². The quantitative estimate of drug-likeness (QED) is 0.228. The molecular weight excluding hydrogens is 677 g/mol. The number of carbonyl (C=O) groups excluding carboxylic acids is 1. The number of halogens is 4. The largest absolute Gasteiger partial charge is 0.417 e. The molecule has 0 aliphatic carbocycles. The highest BCUT2D eigenvalue weighted by molar-refractivity contribution is 9.10. The van der Waals surface area contributed by atoms with Crippen LogP contribution in [0.25, 0.3) is 17.0 Å². The zero-order valence-electron chi connectivity index (χ0n) is 25.1. The minimum Gasteiger partial charge on any atom is -0.330 e. The van der Waals surface area contributed by atoms with E-state index in [0.717, 1.165) is 22.9 Å². The molecule has 0 saturated carbocycles. The van der Waals surface area contributed by atoms with Crippen molar-refractivity contribution in [2.45, 2.75) is 45.5 Å². The van der Waals surface area contributed by atoms with Gasteiger partial charge in [-0.05, 0) is 78.7 Å². The van der Waals surface area contributed by atoms with E-state index in [2.05, 4.69) is 31.5 Å². The zero-order valence-corrected chi connectivity index (χ0v) is 26.7. The van der Waals surface area contributed by atoms with Gasteiger partial charge >= 0.3 is 6.18 Å². The normalized spacial score (nSPS) is 14.9. The summed E-state index contributed by atoms with van der Waals surface area (Å²) in [5.41, 5.74) is 3.39. The Morgan fingerprint density at radius 1 is 1.02 bits per heavy atom. The van der Waals surface area contributed by atoms with Crippen LogP contribution in [0.15, 0.2) is 88.3 Å². The number of hydrogen-bond donors (Lipinski definition) is 0. The molecule has 238 valence electrons. The van der Waals surface area contributed by atoms with Crippen LogP contribution in [0.5, 0.6) is 0 Å². The number of carbonyl (C=O) groups is 1. The first-order valence-corrected chi connectivity index (χ1v) is 15.5. The molecule has 0 saturated heterocycles. The van der Waals surface area contributed by atoms with E-state index < -0.39 is 23.7 Å². The lowest BCUT2D eigenvalue weighted by Gasteiger charge is -2.35. The number of fused-ring (bicyclic) bond motifs is 3. The first kappa shape index (κ1) is 30.5. The molecule has 1 amide bonds. The third-order valence-electron chi connectivity index (χ3n) is 8.44. The molecule has 1 aliphatic heterocycles. The Bertz CT molecular complexity index is 2210. The van der Waals surface area contributed by atoms with E-state index >= 15 is 0 Å². The SMILES string of the molecule is Cc1nnnn1-c1ccc(-n2c(=O)c3c(n4ncc(Cc5ccccc5)c24)CN(C(=O)c2ccc(Br)c(C(F)(F)F)c2)[C@H](C)C3)cc1. The minimum absolute atomic E-state index is 0.0106. The smallest absolute Gasteiger partial charge is 0.330 e. The molecule has 3 aromatic heterocycles. The Balaban J connectivity index is 1.36. The molecule has 47 heavy (non-hydrogen) atoms. The van der Waals surface area contributed by atoms with E-state index in [4.69, 9.17) is 5.10 Å². The Labute approximate surface area is 274 Å². The van der Waals surface area contributed by atoms with E-state index in [9.17, 15) is 22.8 Å². The second-order valence-electron chi connectivity index (χ2n) is 11.5. The maximum atomic E-state index is 14.4. The molecule has 0 radical (unpaired) electrons. The Morgan fingerprint density at radius 2 is 1.74 bits per heavy atom. The van der Waals surface area contributed by atoms with E-state index in [-0.39, 0.29) is 28.6 Å². The molecule has 6 aromatic rings. The molecule has 10 nitrogen and oxygen atoms in total. The van der Waals surface area contributed by atoms with Crippen LogP contribution in [0.4, 0.5) is 13.2 Å². The molecule has 1 aliphatic rings. The van der Waals surface area contributed by atoms with Crippen molar-refractivity contribution in [3.05, 3.63) is 133 Å². The van der Waals surface area contributed by atoms with Gasteiger partial charge in [0.15, 0.2) is 5.82 Å². The average molecular weight is 704 g/mol. The molecule has 14 heteroatoms. The number of alkyl halides is 3. The van der Waals surface area contributed by atoms with Crippen LogP contribution in [0.3, 0.4) is 0 Å². The van der Waals surface area contributed by atoms with Crippen LogP contribution < -0.4 is 5.56 Å². The summed E-state index contributed by atoms with van der Waals surface area (Å²) in [6, 6.07) is 20.0. The van der Waals surface area contributed by atoms with Crippen molar-refractivity contribution in [2.24, 2.45) is 0 Å². The average Bonchev–Trinajstić information content (AvgIpc) is 3.67. The van der Waals surface area contributed by atoms with E-state index in [1.807, 2.05) is 54.6 Å². The second kappa shape index (κ2) is 11.6. The van der Waals surface area contributed by atoms with E-state index in [1.165, 1.54) is 17.0 Å². The molecule has 1 atom stereocenters. The minimum atomic E-state index is -4.64. The predicted octanol–water partition coefficient (Wildman–Crippen LogP) is 5.73. The molecule has 4 heterocycles. The summed E-state index contributed by atoms with van der Waals surface area (Å²) in [5, 5.41) is 16.4. The number of hydrogen-bond acceptors (Lipinski definition) is 6. The second-order valence-corrected chi connectivity index (χ2v) is 12.3. The highest BCUT2D eigenvalue weighted by Gasteiger charge is 2.36. The number of amides is 1. The fourth-order valence-corrected chi connectivity index (χ4v) is 6.56. The molecular formula is C33H26BrF3N8O2. The number of aryl methyl sites for hydroxylation is 1. The van der Waals surface area contributed by atoms with Gasteiger partial charge in [-0.15, -0.1) is 5.10 Å². The highest BCUT2D eigenvalue weighted by atomic mass is 79.9. The molecule has 0 spiro atoms. The van der Waals surface area contributed by atoms with Gasteiger partial charge in [0.05, 0.1) is 35.4 Å². The van der Waals surface area contributed by atoms with Crippen molar-refractivity contribution in [2.75, 3.05) is 0 Å². The summed E-state index contributed by atoms with van der Waals surface area (Å²) in [6.07, 6.45) is -2.25. The standard InChI is InChI=1S/C33H26BrF3N8O2/c1-19-14-26-29(18-42(19)31(46)22-8-13-28(34)27(16-22)33(35,36)37)45-30(23(17-38-45)15-21-6-4-3-5-7-21)43(32(26)47)24-9-11-25(12-10-24)44-20(2)39-40-41-44/h3-13,16-17,19H,14-15,18H2,1-2H3/t19-/m1/s1. The van der Waals surface area contributed by atoms with Gasteiger partial charge in [0.25, 0.3) is 11.5 Å². The summed E-state index contributed by atoms with van der Waals surface area (Å²) in [5.74, 6) is 0.0431. The van der Waals surface area contributed by atoms with Crippen molar-refractivity contribution in [3.63, 3.8) is 0 Å². The lowest BCUT2D eigenvalue weighted by Crippen LogP contribution is -2.46.